The van der Waals surface area contributed by atoms with Crippen molar-refractivity contribution in [3.63, 3.8) is 0 Å². The fourth-order valence-electron chi connectivity index (χ4n) is 1.99. The zero-order chi connectivity index (χ0) is 9.97. The van der Waals surface area contributed by atoms with E-state index in [1.807, 2.05) is 6.92 Å². The number of aryl methyl sites for hydroxylation is 1. The van der Waals surface area contributed by atoms with Crippen LogP contribution in [0, 0.1) is 6.92 Å². The molecule has 0 saturated carbocycles. The highest BCUT2D eigenvalue weighted by Gasteiger charge is 2.25. The van der Waals surface area contributed by atoms with E-state index in [9.17, 15) is 0 Å². The summed E-state index contributed by atoms with van der Waals surface area (Å²) in [6, 6.07) is 0.623. The van der Waals surface area contributed by atoms with Crippen LogP contribution in [0.5, 0.6) is 0 Å². The summed E-state index contributed by atoms with van der Waals surface area (Å²) in [7, 11) is 0. The molecule has 1 saturated heterocycles. The quantitative estimate of drug-likeness (QED) is 0.742. The third-order valence-electron chi connectivity index (χ3n) is 2.67. The minimum Gasteiger partial charge on any atom is -0.345 e. The molecule has 1 aliphatic rings. The first-order valence-corrected chi connectivity index (χ1v) is 6.47. The van der Waals surface area contributed by atoms with Gasteiger partial charge in [0.2, 0.25) is 0 Å². The maximum Gasteiger partial charge on any atom is 0.185 e. The molecule has 0 aromatic carbocycles. The maximum atomic E-state index is 5.80. The van der Waals surface area contributed by atoms with E-state index in [4.69, 9.17) is 11.6 Å². The number of hydrogen-bond acceptors (Lipinski definition) is 3. The van der Waals surface area contributed by atoms with E-state index in [1.165, 1.54) is 18.0 Å². The SMILES string of the molecule is Cc1csc(N2CCCC2CCCl)n1. The topological polar surface area (TPSA) is 16.1 Å². The Balaban J connectivity index is 2.09. The first-order chi connectivity index (χ1) is 6.81. The van der Waals surface area contributed by atoms with Crippen LogP contribution in [0.3, 0.4) is 0 Å². The fourth-order valence-corrected chi connectivity index (χ4v) is 3.14. The van der Waals surface area contributed by atoms with Crippen LogP contribution in [0.1, 0.15) is 25.0 Å². The number of aromatic nitrogens is 1. The predicted octanol–water partition coefficient (Wildman–Crippen LogP) is 3.05. The average Bonchev–Trinajstić information content (AvgIpc) is 2.74. The van der Waals surface area contributed by atoms with Gasteiger partial charge in [0.1, 0.15) is 0 Å². The smallest absolute Gasteiger partial charge is 0.185 e. The van der Waals surface area contributed by atoms with Crippen molar-refractivity contribution in [3.8, 4) is 0 Å². The fraction of sp³-hybridized carbons (Fsp3) is 0.700. The van der Waals surface area contributed by atoms with Crippen LogP contribution in [0.4, 0.5) is 5.13 Å². The molecule has 0 amide bonds. The second-order valence-electron chi connectivity index (χ2n) is 3.74. The Kier molecular flexibility index (Phi) is 3.29. The van der Waals surface area contributed by atoms with Gasteiger partial charge in [0.25, 0.3) is 0 Å². The molecule has 0 radical (unpaired) electrons. The van der Waals surface area contributed by atoms with Gasteiger partial charge in [-0.15, -0.1) is 22.9 Å². The lowest BCUT2D eigenvalue weighted by molar-refractivity contribution is 0.647. The number of nitrogens with zero attached hydrogens (tertiary/aromatic N) is 2. The summed E-state index contributed by atoms with van der Waals surface area (Å²) < 4.78 is 0. The van der Waals surface area contributed by atoms with Gasteiger partial charge in [-0.1, -0.05) is 0 Å². The van der Waals surface area contributed by atoms with Gasteiger partial charge in [0.15, 0.2) is 5.13 Å². The van der Waals surface area contributed by atoms with Crippen molar-refractivity contribution in [2.24, 2.45) is 0 Å². The van der Waals surface area contributed by atoms with Gasteiger partial charge >= 0.3 is 0 Å². The van der Waals surface area contributed by atoms with Crippen LogP contribution < -0.4 is 4.90 Å². The second-order valence-corrected chi connectivity index (χ2v) is 4.95. The minimum absolute atomic E-state index is 0.623. The molecule has 1 unspecified atom stereocenters. The lowest BCUT2D eigenvalue weighted by Crippen LogP contribution is -2.29. The second kappa shape index (κ2) is 4.49. The molecule has 2 heterocycles. The molecule has 1 atom stereocenters. The van der Waals surface area contributed by atoms with Crippen LogP contribution in [-0.4, -0.2) is 23.5 Å². The molecule has 0 bridgehead atoms. The Bertz CT molecular complexity index is 300. The molecule has 2 rings (SSSR count). The van der Waals surface area contributed by atoms with Gasteiger partial charge in [0, 0.05) is 23.8 Å². The van der Waals surface area contributed by atoms with Gasteiger partial charge in [-0.3, -0.25) is 0 Å². The zero-order valence-electron chi connectivity index (χ0n) is 8.37. The summed E-state index contributed by atoms with van der Waals surface area (Å²) >= 11 is 7.54. The van der Waals surface area contributed by atoms with Crippen molar-refractivity contribution in [1.82, 2.24) is 4.98 Å². The van der Waals surface area contributed by atoms with E-state index in [1.54, 1.807) is 11.3 Å². The summed E-state index contributed by atoms with van der Waals surface area (Å²) in [5.74, 6) is 0.755. The molecule has 1 aromatic rings. The molecule has 1 aliphatic heterocycles. The molecule has 1 aromatic heterocycles. The van der Waals surface area contributed by atoms with Gasteiger partial charge in [-0.2, -0.15) is 0 Å². The summed E-state index contributed by atoms with van der Waals surface area (Å²) in [6.45, 7) is 3.20. The van der Waals surface area contributed by atoms with Gasteiger partial charge in [0.05, 0.1) is 5.69 Å². The first kappa shape index (κ1) is 10.2. The average molecular weight is 231 g/mol. The molecule has 0 spiro atoms. The van der Waals surface area contributed by atoms with E-state index < -0.39 is 0 Å². The third kappa shape index (κ3) is 2.04. The van der Waals surface area contributed by atoms with E-state index >= 15 is 0 Å². The first-order valence-electron chi connectivity index (χ1n) is 5.06. The van der Waals surface area contributed by atoms with Crippen LogP contribution in [0.15, 0.2) is 5.38 Å². The van der Waals surface area contributed by atoms with Crippen molar-refractivity contribution >= 4 is 28.1 Å². The third-order valence-corrected chi connectivity index (χ3v) is 3.89. The van der Waals surface area contributed by atoms with E-state index in [2.05, 4.69) is 15.3 Å². The lowest BCUT2D eigenvalue weighted by Gasteiger charge is -2.23. The van der Waals surface area contributed by atoms with Crippen molar-refractivity contribution < 1.29 is 0 Å². The molecular formula is C10H15ClN2S. The predicted molar refractivity (Wildman–Crippen MR) is 62.6 cm³/mol. The highest BCUT2D eigenvalue weighted by Crippen LogP contribution is 2.29. The molecule has 1 fully saturated rings. The molecule has 14 heavy (non-hydrogen) atoms. The largest absolute Gasteiger partial charge is 0.345 e. The summed E-state index contributed by atoms with van der Waals surface area (Å²) in [6.07, 6.45) is 3.63. The highest BCUT2D eigenvalue weighted by atomic mass is 35.5. The Morgan fingerprint density at radius 1 is 1.71 bits per heavy atom. The van der Waals surface area contributed by atoms with Gasteiger partial charge < -0.3 is 4.90 Å². The lowest BCUT2D eigenvalue weighted by atomic mass is 10.2. The van der Waals surface area contributed by atoms with Crippen molar-refractivity contribution in [3.05, 3.63) is 11.1 Å². The monoisotopic (exact) mass is 230 g/mol. The number of thiazole rings is 1. The Hall–Kier alpha value is -0.280. The Morgan fingerprint density at radius 3 is 3.21 bits per heavy atom. The molecular weight excluding hydrogens is 216 g/mol. The number of hydrogen-bond donors (Lipinski definition) is 0. The van der Waals surface area contributed by atoms with Gasteiger partial charge in [-0.25, -0.2) is 4.98 Å². The standard InChI is InChI=1S/C10H15ClN2S/c1-8-7-14-10(12-8)13-6-2-3-9(13)4-5-11/h7,9H,2-6H2,1H3. The zero-order valence-corrected chi connectivity index (χ0v) is 9.94. The highest BCUT2D eigenvalue weighted by molar-refractivity contribution is 7.13. The number of anilines is 1. The van der Waals surface area contributed by atoms with Crippen LogP contribution in [0.2, 0.25) is 0 Å². The van der Waals surface area contributed by atoms with Crippen molar-refractivity contribution in [2.75, 3.05) is 17.3 Å². The van der Waals surface area contributed by atoms with E-state index in [0.29, 0.717) is 6.04 Å². The molecule has 0 N–H and O–H groups in total. The Morgan fingerprint density at radius 2 is 2.57 bits per heavy atom. The number of halogens is 1. The van der Waals surface area contributed by atoms with Crippen LogP contribution in [0.25, 0.3) is 0 Å². The van der Waals surface area contributed by atoms with Crippen molar-refractivity contribution in [2.45, 2.75) is 32.2 Å². The minimum atomic E-state index is 0.623. The molecule has 2 nitrogen and oxygen atoms in total. The van der Waals surface area contributed by atoms with E-state index in [-0.39, 0.29) is 0 Å². The molecule has 4 heteroatoms. The van der Waals surface area contributed by atoms with Gasteiger partial charge in [-0.05, 0) is 26.2 Å². The van der Waals surface area contributed by atoms with Crippen LogP contribution in [-0.2, 0) is 0 Å². The summed E-state index contributed by atoms with van der Waals surface area (Å²) in [5.41, 5.74) is 1.13. The molecule has 0 aliphatic carbocycles. The summed E-state index contributed by atoms with van der Waals surface area (Å²) in [4.78, 5) is 6.94. The van der Waals surface area contributed by atoms with Crippen molar-refractivity contribution in [1.29, 1.82) is 0 Å². The summed E-state index contributed by atoms with van der Waals surface area (Å²) in [5, 5.41) is 3.29. The number of rotatable bonds is 3. The normalized spacial score (nSPS) is 21.9. The number of alkyl halides is 1. The maximum absolute atomic E-state index is 5.80. The van der Waals surface area contributed by atoms with E-state index in [0.717, 1.165) is 24.5 Å². The van der Waals surface area contributed by atoms with Crippen LogP contribution >= 0.6 is 22.9 Å². The Labute approximate surface area is 93.9 Å². The molecule has 78 valence electrons.